The molecule has 134 valence electrons. The normalized spacial score (nSPS) is 28.3. The molecule has 24 heavy (non-hydrogen) atoms. The minimum atomic E-state index is -3.17. The van der Waals surface area contributed by atoms with E-state index in [1.165, 1.54) is 0 Å². The fourth-order valence-corrected chi connectivity index (χ4v) is 5.20. The summed E-state index contributed by atoms with van der Waals surface area (Å²) in [6, 6.07) is 3.96. The third kappa shape index (κ3) is 3.87. The number of nitrogens with one attached hydrogen (secondary N) is 1. The van der Waals surface area contributed by atoms with Crippen LogP contribution in [0, 0.1) is 6.92 Å². The number of aromatic nitrogens is 2. The lowest BCUT2D eigenvalue weighted by Crippen LogP contribution is -2.50. The van der Waals surface area contributed by atoms with E-state index in [0.717, 1.165) is 30.8 Å². The molecule has 8 heteroatoms. The molecular weight excluding hydrogens is 328 g/mol. The molecule has 0 amide bonds. The first kappa shape index (κ1) is 17.6. The number of sulfonamides is 1. The van der Waals surface area contributed by atoms with E-state index in [4.69, 9.17) is 4.74 Å². The van der Waals surface area contributed by atoms with Crippen LogP contribution >= 0.6 is 0 Å². The van der Waals surface area contributed by atoms with Crippen molar-refractivity contribution in [2.75, 3.05) is 30.8 Å². The number of piperidine rings is 1. The number of nitrogens with zero attached hydrogens (tertiary/aromatic N) is 3. The minimum Gasteiger partial charge on any atom is -0.371 e. The van der Waals surface area contributed by atoms with Gasteiger partial charge in [-0.25, -0.2) is 8.42 Å². The van der Waals surface area contributed by atoms with Crippen molar-refractivity contribution in [2.24, 2.45) is 0 Å². The van der Waals surface area contributed by atoms with Gasteiger partial charge in [0.1, 0.15) is 5.82 Å². The smallest absolute Gasteiger partial charge is 0.214 e. The largest absolute Gasteiger partial charge is 0.371 e. The second-order valence-electron chi connectivity index (χ2n) is 6.85. The van der Waals surface area contributed by atoms with E-state index in [2.05, 4.69) is 15.5 Å². The molecule has 2 atom stereocenters. The summed E-state index contributed by atoms with van der Waals surface area (Å²) in [5, 5.41) is 11.5. The molecule has 1 N–H and O–H groups in total. The zero-order valence-corrected chi connectivity index (χ0v) is 15.2. The Balaban J connectivity index is 1.63. The van der Waals surface area contributed by atoms with E-state index in [1.54, 1.807) is 4.31 Å². The number of anilines is 1. The third-order valence-electron chi connectivity index (χ3n) is 4.72. The predicted molar refractivity (Wildman–Crippen MR) is 92.4 cm³/mol. The van der Waals surface area contributed by atoms with E-state index in [-0.39, 0.29) is 17.4 Å². The van der Waals surface area contributed by atoms with Crippen LogP contribution in [0.25, 0.3) is 0 Å². The third-order valence-corrected chi connectivity index (χ3v) is 6.74. The van der Waals surface area contributed by atoms with E-state index >= 15 is 0 Å². The summed E-state index contributed by atoms with van der Waals surface area (Å²) in [4.78, 5) is 0. The van der Waals surface area contributed by atoms with Gasteiger partial charge in [0.05, 0.1) is 29.7 Å². The van der Waals surface area contributed by atoms with E-state index < -0.39 is 10.0 Å². The van der Waals surface area contributed by atoms with Gasteiger partial charge in [-0.3, -0.25) is 0 Å². The fraction of sp³-hybridized carbons (Fsp3) is 0.750. The van der Waals surface area contributed by atoms with Gasteiger partial charge in [0.15, 0.2) is 0 Å². The summed E-state index contributed by atoms with van der Waals surface area (Å²) >= 11 is 0. The Labute approximate surface area is 143 Å². The first-order valence-electron chi connectivity index (χ1n) is 8.61. The first-order chi connectivity index (χ1) is 11.4. The van der Waals surface area contributed by atoms with Crippen molar-refractivity contribution >= 4 is 15.8 Å². The molecule has 0 aliphatic carbocycles. The van der Waals surface area contributed by atoms with E-state index in [1.807, 2.05) is 26.0 Å². The van der Waals surface area contributed by atoms with Crippen molar-refractivity contribution in [2.45, 2.75) is 51.2 Å². The quantitative estimate of drug-likeness (QED) is 0.864. The van der Waals surface area contributed by atoms with Crippen molar-refractivity contribution in [3.63, 3.8) is 0 Å². The number of ether oxygens (including phenoxy) is 1. The molecule has 2 unspecified atom stereocenters. The van der Waals surface area contributed by atoms with Gasteiger partial charge in [0, 0.05) is 19.5 Å². The van der Waals surface area contributed by atoms with Gasteiger partial charge >= 0.3 is 0 Å². The van der Waals surface area contributed by atoms with Gasteiger partial charge in [-0.1, -0.05) is 6.92 Å². The average Bonchev–Trinajstić information content (AvgIpc) is 2.92. The Bertz CT molecular complexity index is 664. The Morgan fingerprint density at radius 3 is 2.96 bits per heavy atom. The highest BCUT2D eigenvalue weighted by Gasteiger charge is 2.45. The van der Waals surface area contributed by atoms with Gasteiger partial charge < -0.3 is 10.1 Å². The van der Waals surface area contributed by atoms with Crippen LogP contribution in [-0.4, -0.2) is 60.0 Å². The minimum absolute atomic E-state index is 0.135. The molecule has 2 fully saturated rings. The van der Waals surface area contributed by atoms with Gasteiger partial charge in [0.2, 0.25) is 10.0 Å². The summed E-state index contributed by atoms with van der Waals surface area (Å²) in [6.07, 6.45) is 3.19. The van der Waals surface area contributed by atoms with E-state index in [0.29, 0.717) is 26.1 Å². The Hall–Kier alpha value is -1.25. The monoisotopic (exact) mass is 354 g/mol. The van der Waals surface area contributed by atoms with Crippen LogP contribution in [-0.2, 0) is 14.8 Å². The summed E-state index contributed by atoms with van der Waals surface area (Å²) in [5.41, 5.74) is 0.512. The molecule has 0 bridgehead atoms. The Kier molecular flexibility index (Phi) is 5.08. The summed E-state index contributed by atoms with van der Waals surface area (Å²) in [5.74, 6) is 0.946. The van der Waals surface area contributed by atoms with Crippen LogP contribution in [0.15, 0.2) is 12.1 Å². The second kappa shape index (κ2) is 6.93. The van der Waals surface area contributed by atoms with Crippen molar-refractivity contribution in [3.8, 4) is 0 Å². The number of hydrogen-bond donors (Lipinski definition) is 1. The highest BCUT2D eigenvalue weighted by Crippen LogP contribution is 2.36. The number of aryl methyl sites for hydroxylation is 1. The standard InChI is InChI=1S/C16H26N4O3S/c1-3-9-24(21,22)20-8-4-7-16(12-20)10-14(11-23-16)17-15-6-5-13(2)18-19-15/h5-6,14H,3-4,7-12H2,1-2H3,(H,17,19). The highest BCUT2D eigenvalue weighted by atomic mass is 32.2. The van der Waals surface area contributed by atoms with Gasteiger partial charge in [0.25, 0.3) is 0 Å². The lowest BCUT2D eigenvalue weighted by Gasteiger charge is -2.39. The zero-order chi connectivity index (χ0) is 17.2. The molecular formula is C16H26N4O3S. The maximum Gasteiger partial charge on any atom is 0.214 e. The van der Waals surface area contributed by atoms with Crippen LogP contribution in [0.3, 0.4) is 0 Å². The molecule has 1 aromatic rings. The Morgan fingerprint density at radius 1 is 1.42 bits per heavy atom. The lowest BCUT2D eigenvalue weighted by molar-refractivity contribution is -0.0329. The van der Waals surface area contributed by atoms with E-state index in [9.17, 15) is 8.42 Å². The predicted octanol–water partition coefficient (Wildman–Crippen LogP) is 1.56. The topological polar surface area (TPSA) is 84.4 Å². The molecule has 1 aromatic heterocycles. The molecule has 0 aromatic carbocycles. The fourth-order valence-electron chi connectivity index (χ4n) is 3.59. The summed E-state index contributed by atoms with van der Waals surface area (Å²) in [7, 11) is -3.17. The molecule has 1 spiro atoms. The first-order valence-corrected chi connectivity index (χ1v) is 10.2. The van der Waals surface area contributed by atoms with Crippen LogP contribution in [0.5, 0.6) is 0 Å². The Morgan fingerprint density at radius 2 is 2.25 bits per heavy atom. The van der Waals surface area contributed by atoms with Gasteiger partial charge in [-0.05, 0) is 38.3 Å². The van der Waals surface area contributed by atoms with Crippen LogP contribution in [0.4, 0.5) is 5.82 Å². The summed E-state index contributed by atoms with van der Waals surface area (Å²) < 4.78 is 32.4. The maximum absolute atomic E-state index is 12.4. The van der Waals surface area contributed by atoms with Crippen molar-refractivity contribution in [1.82, 2.24) is 14.5 Å². The molecule has 2 aliphatic rings. The average molecular weight is 354 g/mol. The maximum atomic E-state index is 12.4. The van der Waals surface area contributed by atoms with Gasteiger partial charge in [-0.2, -0.15) is 9.40 Å². The molecule has 2 saturated heterocycles. The molecule has 3 heterocycles. The van der Waals surface area contributed by atoms with Crippen molar-refractivity contribution in [1.29, 1.82) is 0 Å². The number of hydrogen-bond acceptors (Lipinski definition) is 6. The molecule has 3 rings (SSSR count). The molecule has 0 saturated carbocycles. The van der Waals surface area contributed by atoms with Crippen LogP contribution in [0.2, 0.25) is 0 Å². The zero-order valence-electron chi connectivity index (χ0n) is 14.4. The van der Waals surface area contributed by atoms with Crippen LogP contribution < -0.4 is 5.32 Å². The second-order valence-corrected chi connectivity index (χ2v) is 8.94. The molecule has 0 radical (unpaired) electrons. The number of rotatable bonds is 5. The molecule has 7 nitrogen and oxygen atoms in total. The summed E-state index contributed by atoms with van der Waals surface area (Å²) in [6.45, 7) is 5.43. The molecule has 2 aliphatic heterocycles. The lowest BCUT2D eigenvalue weighted by atomic mass is 9.90. The van der Waals surface area contributed by atoms with Crippen LogP contribution in [0.1, 0.15) is 38.3 Å². The van der Waals surface area contributed by atoms with Gasteiger partial charge in [-0.15, -0.1) is 5.10 Å². The SMILES string of the molecule is CCCS(=O)(=O)N1CCCC2(CC(Nc3ccc(C)nn3)CO2)C1. The van der Waals surface area contributed by atoms with Crippen molar-refractivity contribution < 1.29 is 13.2 Å². The highest BCUT2D eigenvalue weighted by molar-refractivity contribution is 7.89. The van der Waals surface area contributed by atoms with Crippen molar-refractivity contribution in [3.05, 3.63) is 17.8 Å².